The molecule has 2 atom stereocenters. The SMILES string of the molecule is CCCCCCCC/C=C\CCCCCCCC(=O)OCC(COP(=O)([O-])OCC[As+](C)(C)C)OC(=O)CCCCCCC/C=C\CCCCCCCC. The van der Waals surface area contributed by atoms with Crippen LogP contribution in [0.3, 0.4) is 0 Å². The first kappa shape index (κ1) is 53.1. The molecule has 2 unspecified atom stereocenters. The van der Waals surface area contributed by atoms with Gasteiger partial charge < -0.3 is 0 Å². The minimum Gasteiger partial charge on any atom is -0.0885 e. The van der Waals surface area contributed by atoms with Crippen LogP contribution in [0.15, 0.2) is 24.3 Å². The number of unbranched alkanes of at least 4 members (excludes halogenated alkanes) is 22. The predicted octanol–water partition coefficient (Wildman–Crippen LogP) is 13.4. The summed E-state index contributed by atoms with van der Waals surface area (Å²) in [6.45, 7) is 3.87. The first-order valence-electron chi connectivity index (χ1n) is 22.0. The summed E-state index contributed by atoms with van der Waals surface area (Å²) in [5.41, 5.74) is 6.49. The Balaban J connectivity index is 4.38. The summed E-state index contributed by atoms with van der Waals surface area (Å²) in [5, 5.41) is 0.705. The van der Waals surface area contributed by atoms with Crippen molar-refractivity contribution in [2.45, 2.75) is 222 Å². The van der Waals surface area contributed by atoms with Gasteiger partial charge in [-0.25, -0.2) is 0 Å². The standard InChI is InChI=1S/C44H84AsO8P/c1-6-8-10-12-14-16-18-20-22-24-26-28-30-32-34-36-43(46)50-40-42(41-52-54(48,49)51-39-38-45(3,4)5)53-44(47)37-35-33-31-29-27-25-23-21-19-17-15-13-11-9-7-2/h20-23,42H,6-19,24-41H2,1-5H3/b22-20-,23-21-. The minimum absolute atomic E-state index is 0.0716. The number of allylic oxidation sites excluding steroid dienone is 4. The van der Waals surface area contributed by atoms with E-state index in [9.17, 15) is 19.0 Å². The van der Waals surface area contributed by atoms with Gasteiger partial charge in [-0.3, -0.25) is 0 Å². The third-order valence-corrected chi connectivity index (χ3v) is 13.6. The zero-order chi connectivity index (χ0) is 40.0. The number of ether oxygens (including phenoxy) is 2. The van der Waals surface area contributed by atoms with E-state index in [0.717, 1.165) is 70.6 Å². The van der Waals surface area contributed by atoms with E-state index in [2.05, 4.69) is 55.3 Å². The molecule has 8 nitrogen and oxygen atoms in total. The van der Waals surface area contributed by atoms with Gasteiger partial charge >= 0.3 is 151 Å². The Morgan fingerprint density at radius 1 is 0.556 bits per heavy atom. The number of carbonyl (C=O) groups is 2. The quantitative estimate of drug-likeness (QED) is 0.0197. The zero-order valence-corrected chi connectivity index (χ0v) is 38.4. The summed E-state index contributed by atoms with van der Waals surface area (Å²) in [5.74, 6) is -0.833. The van der Waals surface area contributed by atoms with Gasteiger partial charge in [0, 0.05) is 0 Å². The van der Waals surface area contributed by atoms with Crippen LogP contribution in [0.25, 0.3) is 0 Å². The van der Waals surface area contributed by atoms with Crippen LogP contribution in [0, 0.1) is 0 Å². The summed E-state index contributed by atoms with van der Waals surface area (Å²) in [4.78, 5) is 37.5. The van der Waals surface area contributed by atoms with Gasteiger partial charge in [0.2, 0.25) is 0 Å². The number of rotatable bonds is 40. The molecule has 0 bridgehead atoms. The average molecular weight is 847 g/mol. The molecular weight excluding hydrogens is 762 g/mol. The number of carbonyl (C=O) groups excluding carboxylic acids is 2. The molecule has 0 aromatic heterocycles. The van der Waals surface area contributed by atoms with Gasteiger partial charge in [-0.1, -0.05) is 134 Å². The van der Waals surface area contributed by atoms with E-state index >= 15 is 0 Å². The van der Waals surface area contributed by atoms with E-state index in [1.807, 2.05) is 0 Å². The normalized spacial score (nSPS) is 13.8. The van der Waals surface area contributed by atoms with Crippen molar-refractivity contribution in [2.24, 2.45) is 0 Å². The Morgan fingerprint density at radius 3 is 1.37 bits per heavy atom. The van der Waals surface area contributed by atoms with Crippen LogP contribution in [-0.2, 0) is 32.7 Å². The summed E-state index contributed by atoms with van der Waals surface area (Å²) in [7, 11) is -4.59. The van der Waals surface area contributed by atoms with Crippen molar-refractivity contribution in [3.05, 3.63) is 24.3 Å². The minimum atomic E-state index is -4.59. The van der Waals surface area contributed by atoms with E-state index in [0.29, 0.717) is 11.6 Å². The molecule has 0 heterocycles. The van der Waals surface area contributed by atoms with Crippen LogP contribution < -0.4 is 4.89 Å². The van der Waals surface area contributed by atoms with Crippen molar-refractivity contribution in [3.63, 3.8) is 0 Å². The maximum atomic E-state index is 12.7. The topological polar surface area (TPSA) is 111 Å². The van der Waals surface area contributed by atoms with E-state index in [4.69, 9.17) is 18.5 Å². The van der Waals surface area contributed by atoms with Crippen LogP contribution in [0.4, 0.5) is 0 Å². The van der Waals surface area contributed by atoms with Crippen LogP contribution in [0.2, 0.25) is 22.3 Å². The van der Waals surface area contributed by atoms with Crippen molar-refractivity contribution >= 4 is 33.3 Å². The van der Waals surface area contributed by atoms with Crippen LogP contribution in [-0.4, -0.2) is 51.4 Å². The summed E-state index contributed by atoms with van der Waals surface area (Å²) >= 11 is -1.82. The second-order valence-corrected chi connectivity index (χ2v) is 28.0. The van der Waals surface area contributed by atoms with Crippen LogP contribution >= 0.6 is 7.82 Å². The molecule has 0 aliphatic carbocycles. The number of phosphoric ester groups is 1. The number of hydrogen-bond acceptors (Lipinski definition) is 8. The van der Waals surface area contributed by atoms with E-state index in [1.54, 1.807) is 0 Å². The number of esters is 2. The molecule has 0 aliphatic rings. The molecular formula is C44H84AsO8P. The van der Waals surface area contributed by atoms with E-state index in [-0.39, 0.29) is 32.0 Å². The fraction of sp³-hybridized carbons (Fsp3) is 0.864. The molecule has 0 aliphatic heterocycles. The average Bonchev–Trinajstić information content (AvgIpc) is 3.12. The van der Waals surface area contributed by atoms with E-state index in [1.165, 1.54) is 89.9 Å². The Kier molecular flexibility index (Phi) is 37.0. The fourth-order valence-electron chi connectivity index (χ4n) is 5.94. The zero-order valence-electron chi connectivity index (χ0n) is 35.7. The van der Waals surface area contributed by atoms with Crippen molar-refractivity contribution in [1.29, 1.82) is 0 Å². The molecule has 0 N–H and O–H groups in total. The second-order valence-electron chi connectivity index (χ2n) is 16.1. The number of phosphoric acid groups is 1. The van der Waals surface area contributed by atoms with Gasteiger partial charge in [0.1, 0.15) is 0 Å². The van der Waals surface area contributed by atoms with Crippen molar-refractivity contribution in [3.8, 4) is 0 Å². The third kappa shape index (κ3) is 40.7. The molecule has 54 heavy (non-hydrogen) atoms. The second kappa shape index (κ2) is 37.7. The van der Waals surface area contributed by atoms with Crippen molar-refractivity contribution < 1.29 is 37.6 Å². The maximum absolute atomic E-state index is 12.7. The first-order chi connectivity index (χ1) is 26.0. The molecule has 0 fully saturated rings. The molecule has 0 aromatic rings. The summed E-state index contributed by atoms with van der Waals surface area (Å²) < 4.78 is 33.5. The molecule has 0 saturated heterocycles. The van der Waals surface area contributed by atoms with Gasteiger partial charge in [-0.15, -0.1) is 0 Å². The van der Waals surface area contributed by atoms with Gasteiger partial charge in [-0.05, 0) is 51.4 Å². The molecule has 0 radical (unpaired) electrons. The Bertz CT molecular complexity index is 980. The molecule has 0 amide bonds. The molecule has 0 rings (SSSR count). The van der Waals surface area contributed by atoms with Crippen molar-refractivity contribution in [1.82, 2.24) is 0 Å². The van der Waals surface area contributed by atoms with Crippen molar-refractivity contribution in [2.75, 3.05) is 19.8 Å². The van der Waals surface area contributed by atoms with Crippen LogP contribution in [0.1, 0.15) is 194 Å². The monoisotopic (exact) mass is 847 g/mol. The Morgan fingerprint density at radius 2 is 0.944 bits per heavy atom. The Hall–Kier alpha value is -0.912. The molecule has 0 spiro atoms. The molecule has 0 aromatic carbocycles. The third-order valence-electron chi connectivity index (χ3n) is 9.44. The fourth-order valence-corrected chi connectivity index (χ4v) is 8.33. The summed E-state index contributed by atoms with van der Waals surface area (Å²) in [6, 6.07) is 0. The van der Waals surface area contributed by atoms with Gasteiger partial charge in [0.25, 0.3) is 0 Å². The molecule has 0 saturated carbocycles. The summed E-state index contributed by atoms with van der Waals surface area (Å²) in [6.07, 6.45) is 39.2. The van der Waals surface area contributed by atoms with Crippen LogP contribution in [0.5, 0.6) is 0 Å². The van der Waals surface area contributed by atoms with Gasteiger partial charge in [-0.2, -0.15) is 0 Å². The van der Waals surface area contributed by atoms with Gasteiger partial charge in [0.15, 0.2) is 0 Å². The Labute approximate surface area is 335 Å². The van der Waals surface area contributed by atoms with E-state index < -0.39 is 40.1 Å². The number of hydrogen-bond donors (Lipinski definition) is 0. The van der Waals surface area contributed by atoms with Gasteiger partial charge in [0.05, 0.1) is 0 Å². The first-order valence-corrected chi connectivity index (χ1v) is 30.5. The smallest absolute Gasteiger partial charge is 0.0885 e. The molecule has 318 valence electrons. The molecule has 10 heteroatoms. The predicted molar refractivity (Wildman–Crippen MR) is 227 cm³/mol.